The molecule has 0 saturated carbocycles. The van der Waals surface area contributed by atoms with Gasteiger partial charge in [0.25, 0.3) is 11.8 Å². The molecule has 24 heteroatoms. The highest BCUT2D eigenvalue weighted by Gasteiger charge is 2.36. The van der Waals surface area contributed by atoms with Crippen LogP contribution >= 0.6 is 23.5 Å². The number of aromatic nitrogens is 2. The van der Waals surface area contributed by atoms with Gasteiger partial charge >= 0.3 is 0 Å². The van der Waals surface area contributed by atoms with Crippen molar-refractivity contribution in [2.24, 2.45) is 15.9 Å². The molecule has 22 nitrogen and oxygen atoms in total. The van der Waals surface area contributed by atoms with Gasteiger partial charge in [0.15, 0.2) is 23.0 Å². The van der Waals surface area contributed by atoms with Gasteiger partial charge in [-0.3, -0.25) is 38.8 Å². The van der Waals surface area contributed by atoms with Crippen LogP contribution in [-0.2, 0) is 19.2 Å². The molecule has 0 saturated heterocycles. The lowest BCUT2D eigenvalue weighted by Gasteiger charge is -2.24. The van der Waals surface area contributed by atoms with Crippen molar-refractivity contribution in [1.82, 2.24) is 30.4 Å². The Morgan fingerprint density at radius 2 is 1.22 bits per heavy atom. The Labute approximate surface area is 513 Å². The van der Waals surface area contributed by atoms with E-state index < -0.39 is 23.9 Å². The number of anilines is 3. The molecule has 0 bridgehead atoms. The van der Waals surface area contributed by atoms with Gasteiger partial charge in [-0.1, -0.05) is 38.1 Å². The number of carbonyl (C=O) groups is 6. The van der Waals surface area contributed by atoms with Gasteiger partial charge in [0.05, 0.1) is 69.1 Å². The summed E-state index contributed by atoms with van der Waals surface area (Å²) in [6, 6.07) is 21.0. The second kappa shape index (κ2) is 29.0. The lowest BCUT2D eigenvalue weighted by molar-refractivity contribution is -0.131. The van der Waals surface area contributed by atoms with Crippen molar-refractivity contribution in [3.8, 4) is 28.7 Å². The maximum atomic E-state index is 14.2. The minimum Gasteiger partial charge on any atom is -0.497 e. The quantitative estimate of drug-likeness (QED) is 0.0186. The normalized spacial score (nSPS) is 16.2. The highest BCUT2D eigenvalue weighted by Crippen LogP contribution is 2.42. The van der Waals surface area contributed by atoms with Crippen LogP contribution in [0.2, 0.25) is 0 Å². The third kappa shape index (κ3) is 15.4. The zero-order chi connectivity index (χ0) is 61.7. The average molecular weight is 1220 g/mol. The van der Waals surface area contributed by atoms with Gasteiger partial charge in [-0.25, -0.2) is 4.98 Å². The molecule has 6 amide bonds. The van der Waals surface area contributed by atoms with Crippen molar-refractivity contribution >= 4 is 111 Å². The third-order valence-electron chi connectivity index (χ3n) is 14.8. The summed E-state index contributed by atoms with van der Waals surface area (Å²) in [7, 11) is 4.66. The Hall–Kier alpha value is -8.90. The third-order valence-corrected chi connectivity index (χ3v) is 16.0. The number of hydrogen-bond acceptors (Lipinski definition) is 18. The van der Waals surface area contributed by atoms with Crippen molar-refractivity contribution in [3.05, 3.63) is 114 Å². The van der Waals surface area contributed by atoms with E-state index in [4.69, 9.17) is 33.7 Å². The fourth-order valence-corrected chi connectivity index (χ4v) is 10.9. The van der Waals surface area contributed by atoms with E-state index in [1.165, 1.54) is 26.0 Å². The van der Waals surface area contributed by atoms with Gasteiger partial charge in [-0.15, -0.1) is 11.8 Å². The zero-order valence-electron chi connectivity index (χ0n) is 49.8. The monoisotopic (exact) mass is 1220 g/mol. The number of hydrogen-bond donors (Lipinski definition) is 5. The summed E-state index contributed by atoms with van der Waals surface area (Å²) in [4.78, 5) is 102. The van der Waals surface area contributed by atoms with Crippen LogP contribution in [0.15, 0.2) is 106 Å². The van der Waals surface area contributed by atoms with Crippen LogP contribution in [0, 0.1) is 5.92 Å². The first-order chi connectivity index (χ1) is 42.1. The molecule has 4 aliphatic heterocycles. The number of fused-ring (bicyclic) bond motifs is 4. The van der Waals surface area contributed by atoms with Crippen molar-refractivity contribution in [1.29, 1.82) is 0 Å². The fraction of sp³-hybridized carbons (Fsp3) is 0.365. The van der Waals surface area contributed by atoms with Gasteiger partial charge in [-0.05, 0) is 90.4 Å². The standard InChI is InChI=1S/C63H71N11O11S2/c1-36(2)58(71-55(75)11-9-21-64-63-70-54(31-57(72-63)87-8)69-56(76)20-24-86-7)60(78)67-37(3)59(77)68-42-16-12-38(13-17-42)40-25-43-32-65-48-29-52(50(82-5)27-46(48)61(79)73(43)34-40)84-22-10-23-85-53-30-49-47(28-51(53)83-6)62(80)74-35-41(26-44(74)33-66-49)39-14-18-45(81-4)19-15-39/h12-19,27-37,43-44,58H,9-11,20-26H2,1-8H3,(H,67,78)(H,68,77)(H,71,75)(H2,64,69,70,72,76)/t37-,43-,44-,58-/m0/s1. The lowest BCUT2D eigenvalue weighted by Crippen LogP contribution is -2.53. The summed E-state index contributed by atoms with van der Waals surface area (Å²) >= 11 is 2.99. The number of amides is 6. The topological polar surface area (TPSA) is 266 Å². The molecule has 0 spiro atoms. The van der Waals surface area contributed by atoms with Gasteiger partial charge in [0.1, 0.15) is 28.7 Å². The van der Waals surface area contributed by atoms with Crippen molar-refractivity contribution in [2.75, 3.05) is 75.3 Å². The molecule has 456 valence electrons. The van der Waals surface area contributed by atoms with E-state index in [2.05, 4.69) is 36.6 Å². The van der Waals surface area contributed by atoms with Gasteiger partial charge in [-0.2, -0.15) is 16.7 Å². The SMILES string of the molecule is COc1ccc(C2=CN3C(=O)c4cc(OC)c(OCCCOc5cc6c(cc5OC)C(=O)N5C=C(c7ccc(NC(=O)[C@H](C)NC(=O)[C@@H](NC(=O)CCCNc8nc(NC(=O)CCSC)cc(SC)n8)C(C)C)cc7)C[C@H]5C=N6)cc4N=C[C@@H]3C2)cc1. The van der Waals surface area contributed by atoms with Crippen molar-refractivity contribution in [2.45, 2.75) is 88.5 Å². The summed E-state index contributed by atoms with van der Waals surface area (Å²) in [5.74, 6) is 1.65. The smallest absolute Gasteiger partial charge is 0.260 e. The summed E-state index contributed by atoms with van der Waals surface area (Å²) in [5.41, 5.74) is 5.95. The van der Waals surface area contributed by atoms with Crippen molar-refractivity contribution < 1.29 is 52.5 Å². The molecule has 0 unspecified atom stereocenters. The molecule has 5 N–H and O–H groups in total. The van der Waals surface area contributed by atoms with Crippen LogP contribution in [0.3, 0.4) is 0 Å². The molecular formula is C63H71N11O11S2. The predicted molar refractivity (Wildman–Crippen MR) is 339 cm³/mol. The van der Waals surface area contributed by atoms with E-state index >= 15 is 0 Å². The number of methoxy groups -OCH3 is 3. The van der Waals surface area contributed by atoms with E-state index in [1.54, 1.807) is 90.5 Å². The number of ether oxygens (including phenoxy) is 5. The molecule has 1 aromatic heterocycles. The number of rotatable bonds is 27. The number of aliphatic imine (C=N–C) groups is 2. The number of nitrogens with zero attached hydrogens (tertiary/aromatic N) is 6. The highest BCUT2D eigenvalue weighted by atomic mass is 32.2. The molecule has 9 rings (SSSR count). The Bertz CT molecular complexity index is 3520. The van der Waals surface area contributed by atoms with Gasteiger partial charge < -0.3 is 60.1 Å². The maximum absolute atomic E-state index is 14.2. The molecule has 5 aromatic rings. The summed E-state index contributed by atoms with van der Waals surface area (Å²) in [6.45, 7) is 6.05. The highest BCUT2D eigenvalue weighted by molar-refractivity contribution is 7.98. The minimum atomic E-state index is -0.934. The second-order valence-electron chi connectivity index (χ2n) is 21.2. The molecule has 4 atom stereocenters. The fourth-order valence-electron chi connectivity index (χ4n) is 10.1. The van der Waals surface area contributed by atoms with Gasteiger partial charge in [0, 0.05) is 93.1 Å². The van der Waals surface area contributed by atoms with Crippen LogP contribution in [0.5, 0.6) is 28.7 Å². The molecule has 0 aliphatic carbocycles. The van der Waals surface area contributed by atoms with E-state index in [1.807, 2.05) is 75.2 Å². The van der Waals surface area contributed by atoms with E-state index in [-0.39, 0.29) is 61.3 Å². The summed E-state index contributed by atoms with van der Waals surface area (Å²) < 4.78 is 29.0. The molecule has 87 heavy (non-hydrogen) atoms. The van der Waals surface area contributed by atoms with Crippen molar-refractivity contribution in [3.63, 3.8) is 0 Å². The Morgan fingerprint density at radius 3 is 1.75 bits per heavy atom. The van der Waals surface area contributed by atoms with Crippen LogP contribution < -0.4 is 50.3 Å². The first-order valence-electron chi connectivity index (χ1n) is 28.5. The van der Waals surface area contributed by atoms with Crippen LogP contribution in [-0.4, -0.2) is 151 Å². The maximum Gasteiger partial charge on any atom is 0.260 e. The number of nitrogens with one attached hydrogen (secondary N) is 5. The molecule has 4 aromatic carbocycles. The Morgan fingerprint density at radius 1 is 0.644 bits per heavy atom. The van der Waals surface area contributed by atoms with Crippen LogP contribution in [0.25, 0.3) is 11.1 Å². The Kier molecular flexibility index (Phi) is 20.9. The number of carbonyl (C=O) groups excluding carboxylic acids is 6. The van der Waals surface area contributed by atoms with Gasteiger partial charge in [0.2, 0.25) is 29.6 Å². The van der Waals surface area contributed by atoms with E-state index in [9.17, 15) is 28.8 Å². The average Bonchev–Trinajstić information content (AvgIpc) is 1.77. The van der Waals surface area contributed by atoms with Crippen LogP contribution in [0.1, 0.15) is 91.1 Å². The lowest BCUT2D eigenvalue weighted by atomic mass is 10.0. The van der Waals surface area contributed by atoms with Crippen LogP contribution in [0.4, 0.5) is 28.8 Å². The number of benzene rings is 4. The first-order valence-corrected chi connectivity index (χ1v) is 31.1. The predicted octanol–water partition coefficient (Wildman–Crippen LogP) is 9.18. The molecule has 0 radical (unpaired) electrons. The molecule has 5 heterocycles. The largest absolute Gasteiger partial charge is 0.497 e. The zero-order valence-corrected chi connectivity index (χ0v) is 51.4. The van der Waals surface area contributed by atoms with E-state index in [0.717, 1.165) is 28.0 Å². The first kappa shape index (κ1) is 62.6. The summed E-state index contributed by atoms with van der Waals surface area (Å²) in [6.07, 6.45) is 13.5. The second-order valence-corrected chi connectivity index (χ2v) is 23.0. The van der Waals surface area contributed by atoms with E-state index in [0.29, 0.717) is 112 Å². The minimum absolute atomic E-state index is 0.114. The molecule has 0 fully saturated rings. The number of thioether (sulfide) groups is 2. The molecular weight excluding hydrogens is 1150 g/mol. The summed E-state index contributed by atoms with van der Waals surface area (Å²) in [5, 5.41) is 15.0. The molecule has 4 aliphatic rings. The Balaban J connectivity index is 0.728.